The average molecular weight is 366 g/mol. The second kappa shape index (κ2) is 4.91. The molecule has 0 fully saturated rings. The van der Waals surface area contributed by atoms with E-state index in [-0.39, 0.29) is 4.77 Å². The fourth-order valence-corrected chi connectivity index (χ4v) is 2.85. The first kappa shape index (κ1) is 15.0. The highest BCUT2D eigenvalue weighted by molar-refractivity contribution is 8.01. The fourth-order valence-electron chi connectivity index (χ4n) is 0.830. The van der Waals surface area contributed by atoms with Crippen molar-refractivity contribution in [2.45, 2.75) is 7.84 Å². The molecule has 1 aromatic heterocycles. The third-order valence-corrected chi connectivity index (χ3v) is 3.40. The Kier molecular flexibility index (Phi) is 4.61. The van der Waals surface area contributed by atoms with Crippen LogP contribution < -0.4 is 0 Å². The van der Waals surface area contributed by atoms with Crippen LogP contribution in [0.25, 0.3) is 0 Å². The number of imidazole rings is 1. The number of aromatic nitrogens is 2. The summed E-state index contributed by atoms with van der Waals surface area (Å²) in [6.07, 6.45) is 1.02. The van der Waals surface area contributed by atoms with E-state index in [1.807, 2.05) is 0 Å². The zero-order valence-corrected chi connectivity index (χ0v) is 12.4. The molecule has 0 spiro atoms. The van der Waals surface area contributed by atoms with Crippen LogP contribution in [0.3, 0.4) is 0 Å². The van der Waals surface area contributed by atoms with E-state index in [1.165, 1.54) is 0 Å². The van der Waals surface area contributed by atoms with Crippen molar-refractivity contribution >= 4 is 82.2 Å². The van der Waals surface area contributed by atoms with Gasteiger partial charge in [0.25, 0.3) is 3.92 Å². The van der Waals surface area contributed by atoms with Gasteiger partial charge in [-0.1, -0.05) is 58.0 Å². The predicted molar refractivity (Wildman–Crippen MR) is 69.0 cm³/mol. The molecule has 1 rings (SSSR count). The van der Waals surface area contributed by atoms with E-state index in [4.69, 9.17) is 70.2 Å². The molecule has 0 aliphatic carbocycles. The summed E-state index contributed by atoms with van der Waals surface area (Å²) in [4.78, 5) is 0. The van der Waals surface area contributed by atoms with Crippen LogP contribution in [-0.2, 0) is 3.92 Å². The Bertz CT molecular complexity index is 447. The van der Waals surface area contributed by atoms with Crippen molar-refractivity contribution in [2.24, 2.45) is 0 Å². The molecular weight excluding hydrogens is 364 g/mol. The summed E-state index contributed by atoms with van der Waals surface area (Å²) in [6.45, 7) is 0. The molecule has 0 amide bonds. The van der Waals surface area contributed by atoms with E-state index in [0.29, 0.717) is 11.9 Å². The first-order valence-electron chi connectivity index (χ1n) is 3.39. The molecule has 0 saturated carbocycles. The number of hydrogen-bond acceptors (Lipinski definition) is 3. The third kappa shape index (κ3) is 3.73. The van der Waals surface area contributed by atoms with E-state index in [1.54, 1.807) is 0 Å². The summed E-state index contributed by atoms with van der Waals surface area (Å²) >= 11 is 32.0. The van der Waals surface area contributed by atoms with Crippen LogP contribution in [0.1, 0.15) is 0 Å². The number of hydrogen-bond donors (Lipinski definition) is 1. The van der Waals surface area contributed by atoms with Gasteiger partial charge in [0, 0.05) is 11.9 Å². The Morgan fingerprint density at radius 2 is 1.81 bits per heavy atom. The Morgan fingerprint density at radius 1 is 1.31 bits per heavy atom. The largest absolute Gasteiger partial charge is 0.493 e. The van der Waals surface area contributed by atoms with Gasteiger partial charge in [-0.3, -0.25) is 3.97 Å². The summed E-state index contributed by atoms with van der Waals surface area (Å²) in [7, 11) is 0. The van der Waals surface area contributed by atoms with Crippen molar-refractivity contribution in [2.75, 3.05) is 0 Å². The van der Waals surface area contributed by atoms with Crippen molar-refractivity contribution in [3.63, 3.8) is 0 Å². The van der Waals surface area contributed by atoms with Crippen LogP contribution >= 0.6 is 82.2 Å². The smallest absolute Gasteiger partial charge is 0.324 e. The summed E-state index contributed by atoms with van der Waals surface area (Å²) in [6, 6.07) is 0. The van der Waals surface area contributed by atoms with E-state index in [9.17, 15) is 9.50 Å². The van der Waals surface area contributed by atoms with Gasteiger partial charge in [-0.05, 0) is 12.2 Å². The molecule has 0 aromatic carbocycles. The lowest BCUT2D eigenvalue weighted by Gasteiger charge is -2.13. The Balaban J connectivity index is 3.24. The van der Waals surface area contributed by atoms with Gasteiger partial charge in [0.2, 0.25) is 5.88 Å². The molecular formula is C5H2Cl5FN2OS2. The van der Waals surface area contributed by atoms with E-state index in [0.717, 1.165) is 14.7 Å². The molecule has 16 heavy (non-hydrogen) atoms. The summed E-state index contributed by atoms with van der Waals surface area (Å²) in [5.41, 5.74) is 0. The third-order valence-electron chi connectivity index (χ3n) is 1.30. The molecule has 0 aliphatic rings. The maximum absolute atomic E-state index is 12.9. The molecule has 0 unspecified atom stereocenters. The van der Waals surface area contributed by atoms with Gasteiger partial charge in [0.1, 0.15) is 0 Å². The monoisotopic (exact) mass is 364 g/mol. The van der Waals surface area contributed by atoms with Crippen LogP contribution in [0.15, 0.2) is 6.20 Å². The molecule has 0 radical (unpaired) electrons. The zero-order chi connectivity index (χ0) is 12.7. The van der Waals surface area contributed by atoms with Gasteiger partial charge < -0.3 is 5.11 Å². The molecule has 0 aliphatic heterocycles. The molecule has 0 atom stereocenters. The van der Waals surface area contributed by atoms with Gasteiger partial charge in [0.15, 0.2) is 4.77 Å². The first-order valence-corrected chi connectivity index (χ1v) is 6.46. The van der Waals surface area contributed by atoms with Crippen molar-refractivity contribution in [1.82, 2.24) is 8.54 Å². The summed E-state index contributed by atoms with van der Waals surface area (Å²) in [5, 5.41) is 9.44. The molecule has 1 N–H and O–H groups in total. The van der Waals surface area contributed by atoms with Crippen LogP contribution in [-0.4, -0.2) is 17.6 Å². The Hall–Kier alpha value is 0.960. The second-order valence-electron chi connectivity index (χ2n) is 2.44. The highest BCUT2D eigenvalue weighted by Gasteiger charge is 2.31. The normalized spacial score (nSPS) is 13.1. The van der Waals surface area contributed by atoms with Crippen LogP contribution in [0.2, 0.25) is 0 Å². The lowest BCUT2D eigenvalue weighted by molar-refractivity contribution is 0.421. The van der Waals surface area contributed by atoms with E-state index >= 15 is 0 Å². The molecule has 0 saturated heterocycles. The maximum Gasteiger partial charge on any atom is 0.324 e. The van der Waals surface area contributed by atoms with Crippen LogP contribution in [0, 0.1) is 4.77 Å². The lowest BCUT2D eigenvalue weighted by Crippen LogP contribution is -2.13. The molecule has 1 heterocycles. The van der Waals surface area contributed by atoms with Crippen molar-refractivity contribution in [3.05, 3.63) is 11.0 Å². The van der Waals surface area contributed by atoms with Crippen molar-refractivity contribution in [3.8, 4) is 5.88 Å². The standard InChI is InChI=1S/C5H2Cl5FN2OS2/c6-4(7,8)13-2(14)1-12(3(13)15)16-5(9,10)11/h1,14H. The predicted octanol–water partition coefficient (Wildman–Crippen LogP) is 4.56. The van der Waals surface area contributed by atoms with Crippen LogP contribution in [0.4, 0.5) is 4.39 Å². The van der Waals surface area contributed by atoms with Crippen molar-refractivity contribution in [1.29, 1.82) is 0 Å². The highest BCUT2D eigenvalue weighted by atomic mass is 35.6. The topological polar surface area (TPSA) is 30.1 Å². The molecule has 3 nitrogen and oxygen atoms in total. The first-order chi connectivity index (χ1) is 7.02. The van der Waals surface area contributed by atoms with E-state index < -0.39 is 13.7 Å². The summed E-state index contributed by atoms with van der Waals surface area (Å²) < 4.78 is 9.89. The van der Waals surface area contributed by atoms with Crippen molar-refractivity contribution < 1.29 is 9.50 Å². The quantitative estimate of drug-likeness (QED) is 0.615. The number of rotatable bonds is 2. The average Bonchev–Trinajstić information content (AvgIpc) is 2.21. The molecule has 92 valence electrons. The van der Waals surface area contributed by atoms with Gasteiger partial charge >= 0.3 is 3.92 Å². The number of nitrogens with zero attached hydrogens (tertiary/aromatic N) is 2. The summed E-state index contributed by atoms with van der Waals surface area (Å²) in [5.74, 6) is -0.463. The van der Waals surface area contributed by atoms with Gasteiger partial charge in [-0.15, -0.1) is 0 Å². The van der Waals surface area contributed by atoms with Gasteiger partial charge in [0.05, 0.1) is 6.20 Å². The Labute approximate surface area is 124 Å². The molecule has 1 aromatic rings. The number of halogens is 6. The molecule has 11 heteroatoms. The second-order valence-corrected chi connectivity index (χ2v) is 7.84. The minimum absolute atomic E-state index is 0.161. The SMILES string of the molecule is Oc1cn(SC(F)(Cl)Cl)c(=S)n1C(Cl)(Cl)Cl. The minimum Gasteiger partial charge on any atom is -0.493 e. The lowest BCUT2D eigenvalue weighted by atomic mass is 10.8. The number of aromatic hydroxyl groups is 1. The van der Waals surface area contributed by atoms with Gasteiger partial charge in [-0.2, -0.15) is 4.39 Å². The Morgan fingerprint density at radius 3 is 2.12 bits per heavy atom. The number of alkyl halides is 6. The molecule has 0 bridgehead atoms. The maximum atomic E-state index is 12.9. The van der Waals surface area contributed by atoms with E-state index in [2.05, 4.69) is 0 Å². The fraction of sp³-hybridized carbons (Fsp3) is 0.400. The zero-order valence-electron chi connectivity index (χ0n) is 7.00. The highest BCUT2D eigenvalue weighted by Crippen LogP contribution is 2.41. The van der Waals surface area contributed by atoms with Crippen LogP contribution in [0.5, 0.6) is 5.88 Å². The minimum atomic E-state index is -2.62. The van der Waals surface area contributed by atoms with Gasteiger partial charge in [-0.25, -0.2) is 4.57 Å².